The molecule has 10 heterocycles. The first kappa shape index (κ1) is 56.4. The lowest BCUT2D eigenvalue weighted by atomic mass is 9.95. The molecule has 6 aromatic rings. The third kappa shape index (κ3) is 10.5. The van der Waals surface area contributed by atoms with Crippen LogP contribution in [0, 0.1) is 24.0 Å². The van der Waals surface area contributed by atoms with Crippen molar-refractivity contribution in [2.75, 3.05) is 77.0 Å². The first-order chi connectivity index (χ1) is 40.9. The van der Waals surface area contributed by atoms with E-state index in [-0.39, 0.29) is 89.9 Å². The molecular formula is C63H72F2N12O8. The predicted octanol–water partition coefficient (Wildman–Crippen LogP) is 7.12. The number of halogens is 2. The highest BCUT2D eigenvalue weighted by molar-refractivity contribution is 6.02. The van der Waals surface area contributed by atoms with Crippen LogP contribution in [0.3, 0.4) is 0 Å². The number of likely N-dealkylation sites (tertiary alicyclic amines) is 1. The van der Waals surface area contributed by atoms with Gasteiger partial charge in [-0.05, 0) is 114 Å². The van der Waals surface area contributed by atoms with Gasteiger partial charge in [-0.3, -0.25) is 48.6 Å². The molecule has 3 unspecified atom stereocenters. The molecule has 20 nitrogen and oxygen atoms in total. The zero-order valence-electron chi connectivity index (χ0n) is 48.7. The number of aryl methyl sites for hydroxylation is 1. The molecule has 13 rings (SSSR count). The monoisotopic (exact) mass is 1160 g/mol. The Kier molecular flexibility index (Phi) is 14.8. The normalized spacial score (nSPS) is 24.4. The maximum absolute atomic E-state index is 17.5. The lowest BCUT2D eigenvalue weighted by Gasteiger charge is -2.42. The summed E-state index contributed by atoms with van der Waals surface area (Å²) in [6.45, 7) is 13.3. The Morgan fingerprint density at radius 2 is 1.64 bits per heavy atom. The van der Waals surface area contributed by atoms with Crippen LogP contribution in [0.25, 0.3) is 44.0 Å². The van der Waals surface area contributed by atoms with Gasteiger partial charge in [0.15, 0.2) is 5.82 Å². The number of carbonyl (C=O) groups is 4. The van der Waals surface area contributed by atoms with Gasteiger partial charge in [0, 0.05) is 102 Å². The van der Waals surface area contributed by atoms with Crippen LogP contribution in [-0.2, 0) is 32.7 Å². The standard InChI is InChI=1S/C63H72F2N12O8/c1-6-44-47(64)15-12-39-9-7-10-45(52(39)44)54-53(65)55-46(32-66-54)56(74-34-41-13-14-42(35-74)76(41)61(82)85-62(2,3)4)69-58(68-55)84-37-63-22-8-24-75(63)43(19-23-63)36-83-60(81)73-25-20-40(21-26-73)72-29-27-71(28-30-72)33-38-11-16-48-50(31-38)70(5)59(80)77(48)49-17-18-51(78)67-57(49)79/h1,7,9-12,15-16,31-32,40-43,49H,8,13-14,17-30,33-37H2,2-5H3,(H,67,78,79)/t41?,42?,43-,49?,63-/m0/s1. The van der Waals surface area contributed by atoms with Gasteiger partial charge < -0.3 is 24.0 Å². The Morgan fingerprint density at radius 1 is 0.859 bits per heavy atom. The van der Waals surface area contributed by atoms with Gasteiger partial charge in [-0.1, -0.05) is 36.3 Å². The summed E-state index contributed by atoms with van der Waals surface area (Å²) < 4.78 is 54.4. The van der Waals surface area contributed by atoms with Gasteiger partial charge in [0.05, 0.1) is 39.6 Å². The van der Waals surface area contributed by atoms with Gasteiger partial charge in [0.1, 0.15) is 47.7 Å². The number of ether oxygens (including phenoxy) is 3. The summed E-state index contributed by atoms with van der Waals surface area (Å²) in [6, 6.07) is 13.4. The molecule has 2 bridgehead atoms. The van der Waals surface area contributed by atoms with Gasteiger partial charge >= 0.3 is 23.9 Å². The molecule has 7 saturated heterocycles. The number of benzene rings is 3. The van der Waals surface area contributed by atoms with E-state index in [9.17, 15) is 24.0 Å². The summed E-state index contributed by atoms with van der Waals surface area (Å²) in [6.07, 6.45) is 13.9. The van der Waals surface area contributed by atoms with Gasteiger partial charge in [-0.15, -0.1) is 6.42 Å². The van der Waals surface area contributed by atoms with Crippen LogP contribution in [0.5, 0.6) is 6.01 Å². The number of terminal acetylenes is 1. The zero-order chi connectivity index (χ0) is 59.1. The summed E-state index contributed by atoms with van der Waals surface area (Å²) in [7, 11) is 1.72. The molecule has 85 heavy (non-hydrogen) atoms. The van der Waals surface area contributed by atoms with E-state index >= 15 is 8.78 Å². The molecule has 7 aliphatic heterocycles. The number of hydrogen-bond acceptors (Lipinski definition) is 15. The van der Waals surface area contributed by atoms with Crippen molar-refractivity contribution in [3.8, 4) is 29.6 Å². The third-order valence-electron chi connectivity index (χ3n) is 19.1. The SMILES string of the molecule is C#Cc1c(F)ccc2cccc(-c3ncc4c(N5CC6CCC(C5)N6C(=O)OC(C)(C)C)nc(OC[C@@]56CCCN5[C@H](COC(=O)N5CCC(N7CCN(Cc8ccc9c(c8)n(C)c(=O)n9C8CCC(=O)NC8=O)CC7)CC5)CC6)nc4c3F)c12. The van der Waals surface area contributed by atoms with E-state index < -0.39 is 29.2 Å². The number of piperazine rings is 2. The number of rotatable bonds is 11. The first-order valence-corrected chi connectivity index (χ1v) is 30.1. The minimum Gasteiger partial charge on any atom is -0.461 e. The Morgan fingerprint density at radius 3 is 2.38 bits per heavy atom. The Balaban J connectivity index is 0.645. The van der Waals surface area contributed by atoms with E-state index in [1.807, 2.05) is 48.8 Å². The predicted molar refractivity (Wildman–Crippen MR) is 314 cm³/mol. The smallest absolute Gasteiger partial charge is 0.410 e. The van der Waals surface area contributed by atoms with Gasteiger partial charge in [-0.25, -0.2) is 23.2 Å². The Hall–Kier alpha value is -7.74. The molecule has 0 spiro atoms. The van der Waals surface area contributed by atoms with Crippen molar-refractivity contribution in [3.63, 3.8) is 0 Å². The summed E-state index contributed by atoms with van der Waals surface area (Å²) in [4.78, 5) is 92.6. The highest BCUT2D eigenvalue weighted by atomic mass is 19.1. The molecule has 22 heteroatoms. The van der Waals surface area contributed by atoms with Crippen molar-refractivity contribution in [2.45, 2.75) is 133 Å². The van der Waals surface area contributed by atoms with Gasteiger partial charge in [0.2, 0.25) is 11.8 Å². The first-order valence-electron chi connectivity index (χ1n) is 30.1. The molecule has 1 N–H and O–H groups in total. The largest absolute Gasteiger partial charge is 0.461 e. The molecule has 446 valence electrons. The maximum atomic E-state index is 17.5. The molecule has 0 aliphatic carbocycles. The number of hydrogen-bond donors (Lipinski definition) is 1. The molecule has 0 radical (unpaired) electrons. The van der Waals surface area contributed by atoms with E-state index in [1.54, 1.807) is 42.1 Å². The third-order valence-corrected chi connectivity index (χ3v) is 19.1. The van der Waals surface area contributed by atoms with Crippen molar-refractivity contribution in [3.05, 3.63) is 88.0 Å². The molecule has 0 saturated carbocycles. The van der Waals surface area contributed by atoms with Crippen molar-refractivity contribution < 1.29 is 42.2 Å². The zero-order valence-corrected chi connectivity index (χ0v) is 48.7. The minimum absolute atomic E-state index is 0.000696. The number of fused-ring (bicyclic) bond motifs is 6. The number of carbonyl (C=O) groups excluding carboxylic acids is 4. The van der Waals surface area contributed by atoms with Gasteiger partial charge in [0.25, 0.3) is 0 Å². The number of anilines is 1. The number of piperidine rings is 2. The van der Waals surface area contributed by atoms with Crippen molar-refractivity contribution in [1.29, 1.82) is 0 Å². The maximum Gasteiger partial charge on any atom is 0.410 e. The number of aromatic nitrogens is 5. The van der Waals surface area contributed by atoms with Gasteiger partial charge in [-0.2, -0.15) is 9.97 Å². The fourth-order valence-corrected chi connectivity index (χ4v) is 14.8. The van der Waals surface area contributed by atoms with E-state index in [0.29, 0.717) is 71.7 Å². The highest BCUT2D eigenvalue weighted by Crippen LogP contribution is 2.44. The topological polar surface area (TPSA) is 193 Å². The average molecular weight is 1160 g/mol. The summed E-state index contributed by atoms with van der Waals surface area (Å²) >= 11 is 0. The molecular weight excluding hydrogens is 1090 g/mol. The van der Waals surface area contributed by atoms with E-state index in [0.717, 1.165) is 102 Å². The fraction of sp³-hybridized carbons (Fsp3) is 0.524. The molecule has 7 fully saturated rings. The minimum atomic E-state index is -0.727. The second-order valence-corrected chi connectivity index (χ2v) is 25.3. The number of imide groups is 1. The van der Waals surface area contributed by atoms with Crippen LogP contribution in [0.1, 0.15) is 102 Å². The molecule has 4 amide bonds. The summed E-state index contributed by atoms with van der Waals surface area (Å²) in [5.74, 6) is 0.817. The van der Waals surface area contributed by atoms with E-state index in [2.05, 4.69) is 35.8 Å². The second-order valence-electron chi connectivity index (χ2n) is 25.3. The fourth-order valence-electron chi connectivity index (χ4n) is 14.8. The van der Waals surface area contributed by atoms with E-state index in [1.165, 1.54) is 10.6 Å². The Labute approximate surface area is 491 Å². The Bertz CT molecular complexity index is 3750. The molecule has 7 aliphatic rings. The second kappa shape index (κ2) is 22.3. The molecule has 3 aromatic heterocycles. The number of nitrogens with one attached hydrogen (secondary N) is 1. The van der Waals surface area contributed by atoms with E-state index in [4.69, 9.17) is 30.6 Å². The lowest BCUT2D eigenvalue weighted by molar-refractivity contribution is -0.135. The lowest BCUT2D eigenvalue weighted by Crippen LogP contribution is -2.57. The van der Waals surface area contributed by atoms with Crippen LogP contribution in [0.2, 0.25) is 0 Å². The van der Waals surface area contributed by atoms with Crippen molar-refractivity contribution in [1.82, 2.24) is 53.9 Å². The van der Waals surface area contributed by atoms with Crippen LogP contribution >= 0.6 is 0 Å². The number of pyridine rings is 1. The summed E-state index contributed by atoms with van der Waals surface area (Å²) in [5.41, 5.74) is 1.49. The number of imidazole rings is 1. The van der Waals surface area contributed by atoms with Crippen molar-refractivity contribution >= 4 is 62.5 Å². The van der Waals surface area contributed by atoms with Crippen LogP contribution < -0.4 is 20.6 Å². The van der Waals surface area contributed by atoms with Crippen LogP contribution in [0.4, 0.5) is 24.2 Å². The van der Waals surface area contributed by atoms with Crippen LogP contribution in [-0.4, -0.2) is 180 Å². The number of amides is 4. The van der Waals surface area contributed by atoms with Crippen molar-refractivity contribution in [2.24, 2.45) is 7.05 Å². The highest BCUT2D eigenvalue weighted by Gasteiger charge is 2.51. The van der Waals surface area contributed by atoms with Crippen LogP contribution in [0.15, 0.2) is 59.5 Å². The number of nitrogens with zero attached hydrogens (tertiary/aromatic N) is 11. The quantitative estimate of drug-likeness (QED) is 0.102. The summed E-state index contributed by atoms with van der Waals surface area (Å²) in [5, 5.41) is 3.75. The molecule has 3 aromatic carbocycles. The average Bonchev–Trinajstić information content (AvgIpc) is 2.17. The molecule has 5 atom stereocenters.